The van der Waals surface area contributed by atoms with E-state index < -0.39 is 12.1 Å². The Morgan fingerprint density at radius 2 is 2.05 bits per heavy atom. The van der Waals surface area contributed by atoms with Gasteiger partial charge in [-0.15, -0.1) is 0 Å². The van der Waals surface area contributed by atoms with Gasteiger partial charge in [0.2, 0.25) is 0 Å². The minimum absolute atomic E-state index is 0.0702. The van der Waals surface area contributed by atoms with Crippen LogP contribution in [0.5, 0.6) is 0 Å². The normalized spacial score (nSPS) is 26.6. The molecule has 2 aliphatic heterocycles. The van der Waals surface area contributed by atoms with Crippen LogP contribution >= 0.6 is 0 Å². The van der Waals surface area contributed by atoms with Crippen LogP contribution in [0.15, 0.2) is 0 Å². The van der Waals surface area contributed by atoms with Crippen LogP contribution in [0.3, 0.4) is 0 Å². The zero-order valence-corrected chi connectivity index (χ0v) is 11.8. The van der Waals surface area contributed by atoms with Gasteiger partial charge in [-0.3, -0.25) is 4.79 Å². The van der Waals surface area contributed by atoms with E-state index in [2.05, 4.69) is 0 Å². The first kappa shape index (κ1) is 15.1. The van der Waals surface area contributed by atoms with Gasteiger partial charge in [-0.05, 0) is 12.8 Å². The summed E-state index contributed by atoms with van der Waals surface area (Å²) in [5, 5.41) is 8.78. The Morgan fingerprint density at radius 3 is 2.70 bits per heavy atom. The summed E-state index contributed by atoms with van der Waals surface area (Å²) in [5.41, 5.74) is 0. The third-order valence-corrected chi connectivity index (χ3v) is 3.64. The fourth-order valence-electron chi connectivity index (χ4n) is 2.62. The van der Waals surface area contributed by atoms with Gasteiger partial charge in [0.1, 0.15) is 0 Å². The Morgan fingerprint density at radius 1 is 1.30 bits per heavy atom. The van der Waals surface area contributed by atoms with E-state index in [1.54, 1.807) is 16.8 Å². The molecule has 0 aromatic rings. The Labute approximate surface area is 118 Å². The number of carboxylic acid groups (broad SMARTS) is 1. The number of aliphatic carboxylic acids is 1. The number of carbonyl (C=O) groups excluding carboxylic acids is 1. The zero-order valence-electron chi connectivity index (χ0n) is 11.8. The number of carboxylic acids is 1. The number of hydrogen-bond acceptors (Lipinski definition) is 4. The van der Waals surface area contributed by atoms with Gasteiger partial charge in [-0.25, -0.2) is 4.79 Å². The van der Waals surface area contributed by atoms with Gasteiger partial charge in [0, 0.05) is 33.3 Å². The summed E-state index contributed by atoms with van der Waals surface area (Å²) in [4.78, 5) is 26.3. The standard InChI is InChI=1S/C13H22N2O5/c1-14(8-10-3-2-5-19-10)13(18)15-4-6-20-11(9-15)7-12(16)17/h10-11H,2-9H2,1H3,(H,16,17). The van der Waals surface area contributed by atoms with Crippen LogP contribution < -0.4 is 0 Å². The molecule has 7 heteroatoms. The van der Waals surface area contributed by atoms with Crippen LogP contribution in [-0.2, 0) is 14.3 Å². The summed E-state index contributed by atoms with van der Waals surface area (Å²) in [5.74, 6) is -0.906. The first-order valence-electron chi connectivity index (χ1n) is 7.01. The molecular weight excluding hydrogens is 264 g/mol. The van der Waals surface area contributed by atoms with Crippen LogP contribution in [0.4, 0.5) is 4.79 Å². The van der Waals surface area contributed by atoms with Crippen LogP contribution in [0, 0.1) is 0 Å². The number of ether oxygens (including phenoxy) is 2. The lowest BCUT2D eigenvalue weighted by Gasteiger charge is -2.35. The van der Waals surface area contributed by atoms with Gasteiger partial charge in [0.25, 0.3) is 0 Å². The molecule has 2 fully saturated rings. The van der Waals surface area contributed by atoms with Crippen molar-refractivity contribution in [1.82, 2.24) is 9.80 Å². The molecule has 2 heterocycles. The van der Waals surface area contributed by atoms with Crippen molar-refractivity contribution >= 4 is 12.0 Å². The third-order valence-electron chi connectivity index (χ3n) is 3.64. The van der Waals surface area contributed by atoms with E-state index in [0.29, 0.717) is 26.2 Å². The van der Waals surface area contributed by atoms with Gasteiger partial charge >= 0.3 is 12.0 Å². The first-order chi connectivity index (χ1) is 9.56. The smallest absolute Gasteiger partial charge is 0.319 e. The van der Waals surface area contributed by atoms with Crippen molar-refractivity contribution in [1.29, 1.82) is 0 Å². The van der Waals surface area contributed by atoms with Crippen molar-refractivity contribution in [2.75, 3.05) is 39.9 Å². The quantitative estimate of drug-likeness (QED) is 0.809. The van der Waals surface area contributed by atoms with E-state index in [9.17, 15) is 9.59 Å². The van der Waals surface area contributed by atoms with Crippen molar-refractivity contribution < 1.29 is 24.2 Å². The summed E-state index contributed by atoms with van der Waals surface area (Å²) in [6, 6.07) is -0.0841. The van der Waals surface area contributed by atoms with E-state index in [1.807, 2.05) is 0 Å². The number of likely N-dealkylation sites (N-methyl/N-ethyl adjacent to an activating group) is 1. The molecule has 2 unspecified atom stereocenters. The highest BCUT2D eigenvalue weighted by Gasteiger charge is 2.29. The van der Waals surface area contributed by atoms with Gasteiger partial charge in [-0.2, -0.15) is 0 Å². The molecule has 2 amide bonds. The Balaban J connectivity index is 1.82. The molecule has 0 saturated carbocycles. The van der Waals surface area contributed by atoms with Crippen molar-refractivity contribution in [3.8, 4) is 0 Å². The fourth-order valence-corrected chi connectivity index (χ4v) is 2.62. The molecular formula is C13H22N2O5. The maximum absolute atomic E-state index is 12.3. The Kier molecular flexibility index (Phi) is 5.19. The highest BCUT2D eigenvalue weighted by molar-refractivity contribution is 5.74. The van der Waals surface area contributed by atoms with Crippen LogP contribution in [0.2, 0.25) is 0 Å². The van der Waals surface area contributed by atoms with E-state index in [-0.39, 0.29) is 18.6 Å². The molecule has 7 nitrogen and oxygen atoms in total. The number of hydrogen-bond donors (Lipinski definition) is 1. The third kappa shape index (κ3) is 4.08. The first-order valence-corrected chi connectivity index (χ1v) is 7.01. The lowest BCUT2D eigenvalue weighted by molar-refractivity contribution is -0.141. The molecule has 0 spiro atoms. The largest absolute Gasteiger partial charge is 0.481 e. The monoisotopic (exact) mass is 286 g/mol. The SMILES string of the molecule is CN(CC1CCCO1)C(=O)N1CCOC(CC(=O)O)C1. The molecule has 0 radical (unpaired) electrons. The molecule has 1 N–H and O–H groups in total. The maximum atomic E-state index is 12.3. The molecule has 0 aromatic heterocycles. The topological polar surface area (TPSA) is 79.3 Å². The van der Waals surface area contributed by atoms with Gasteiger partial charge in [-0.1, -0.05) is 0 Å². The number of amides is 2. The van der Waals surface area contributed by atoms with Gasteiger partial charge < -0.3 is 24.4 Å². The lowest BCUT2D eigenvalue weighted by atomic mass is 10.2. The predicted molar refractivity (Wildman–Crippen MR) is 70.6 cm³/mol. The molecule has 2 saturated heterocycles. The fraction of sp³-hybridized carbons (Fsp3) is 0.846. The number of nitrogens with zero attached hydrogens (tertiary/aromatic N) is 2. The van der Waals surface area contributed by atoms with Gasteiger partial charge in [0.05, 0.1) is 25.2 Å². The van der Waals surface area contributed by atoms with Crippen LogP contribution in [-0.4, -0.2) is 79.0 Å². The Bertz CT molecular complexity index is 357. The summed E-state index contributed by atoms with van der Waals surface area (Å²) >= 11 is 0. The average Bonchev–Trinajstić information content (AvgIpc) is 2.90. The van der Waals surface area contributed by atoms with E-state index >= 15 is 0 Å². The summed E-state index contributed by atoms with van der Waals surface area (Å²) in [6.07, 6.45) is 1.67. The Hall–Kier alpha value is -1.34. The molecule has 114 valence electrons. The lowest BCUT2D eigenvalue weighted by Crippen LogP contribution is -2.51. The van der Waals surface area contributed by atoms with Crippen molar-refractivity contribution in [2.45, 2.75) is 31.5 Å². The van der Waals surface area contributed by atoms with Crippen molar-refractivity contribution in [3.05, 3.63) is 0 Å². The van der Waals surface area contributed by atoms with E-state index in [0.717, 1.165) is 19.4 Å². The van der Waals surface area contributed by atoms with Crippen LogP contribution in [0.1, 0.15) is 19.3 Å². The van der Waals surface area contributed by atoms with E-state index in [4.69, 9.17) is 14.6 Å². The van der Waals surface area contributed by atoms with Crippen LogP contribution in [0.25, 0.3) is 0 Å². The minimum Gasteiger partial charge on any atom is -0.481 e. The second kappa shape index (κ2) is 6.90. The molecule has 0 bridgehead atoms. The predicted octanol–water partition coefficient (Wildman–Crippen LogP) is 0.393. The zero-order chi connectivity index (χ0) is 14.5. The summed E-state index contributed by atoms with van der Waals surface area (Å²) in [6.45, 7) is 2.58. The van der Waals surface area contributed by atoms with E-state index in [1.165, 1.54) is 0 Å². The number of morpholine rings is 1. The average molecular weight is 286 g/mol. The summed E-state index contributed by atoms with van der Waals surface area (Å²) in [7, 11) is 1.76. The number of urea groups is 1. The molecule has 0 aliphatic carbocycles. The molecule has 2 rings (SSSR count). The van der Waals surface area contributed by atoms with Gasteiger partial charge in [0.15, 0.2) is 0 Å². The number of rotatable bonds is 4. The maximum Gasteiger partial charge on any atom is 0.319 e. The minimum atomic E-state index is -0.906. The van der Waals surface area contributed by atoms with Crippen molar-refractivity contribution in [3.63, 3.8) is 0 Å². The second-order valence-corrected chi connectivity index (χ2v) is 5.33. The summed E-state index contributed by atoms with van der Waals surface area (Å²) < 4.78 is 10.9. The molecule has 2 aliphatic rings. The highest BCUT2D eigenvalue weighted by atomic mass is 16.5. The highest BCUT2D eigenvalue weighted by Crippen LogP contribution is 2.15. The molecule has 2 atom stereocenters. The van der Waals surface area contributed by atoms with Crippen molar-refractivity contribution in [2.24, 2.45) is 0 Å². The second-order valence-electron chi connectivity index (χ2n) is 5.33. The molecule has 20 heavy (non-hydrogen) atoms. The molecule has 0 aromatic carbocycles. The number of carbonyl (C=O) groups is 2.